The quantitative estimate of drug-likeness (QED) is 0.760. The third-order valence-electron chi connectivity index (χ3n) is 2.46. The predicted octanol–water partition coefficient (Wildman–Crippen LogP) is 2.37. The van der Waals surface area contributed by atoms with Gasteiger partial charge in [0.2, 0.25) is 0 Å². The fraction of sp³-hybridized carbons (Fsp3) is 0.250. The first-order valence-electron chi connectivity index (χ1n) is 5.34. The molecule has 1 unspecified atom stereocenters. The van der Waals surface area contributed by atoms with Gasteiger partial charge in [-0.25, -0.2) is 4.98 Å². The van der Waals surface area contributed by atoms with Gasteiger partial charge in [0, 0.05) is 33.7 Å². The van der Waals surface area contributed by atoms with Crippen molar-refractivity contribution in [3.05, 3.63) is 28.9 Å². The second-order valence-corrected chi connectivity index (χ2v) is 4.81. The second kappa shape index (κ2) is 4.89. The van der Waals surface area contributed by atoms with E-state index in [1.807, 2.05) is 18.2 Å². The lowest BCUT2D eigenvalue weighted by Crippen LogP contribution is -2.16. The molecule has 0 saturated heterocycles. The van der Waals surface area contributed by atoms with Crippen LogP contribution in [0.15, 0.2) is 28.9 Å². The summed E-state index contributed by atoms with van der Waals surface area (Å²) in [7, 11) is 0. The van der Waals surface area contributed by atoms with Crippen LogP contribution in [-0.2, 0) is 0 Å². The van der Waals surface area contributed by atoms with Gasteiger partial charge in [0.25, 0.3) is 0 Å². The van der Waals surface area contributed by atoms with Crippen LogP contribution in [0.25, 0.3) is 10.8 Å². The molecule has 17 heavy (non-hydrogen) atoms. The Morgan fingerprint density at radius 3 is 3.00 bits per heavy atom. The van der Waals surface area contributed by atoms with Gasteiger partial charge in [0.15, 0.2) is 0 Å². The monoisotopic (exact) mass is 295 g/mol. The number of nitrogens with one attached hydrogen (secondary N) is 1. The van der Waals surface area contributed by atoms with Crippen LogP contribution in [0.1, 0.15) is 6.92 Å². The number of pyridine rings is 1. The first-order chi connectivity index (χ1) is 8.09. The Morgan fingerprint density at radius 2 is 2.29 bits per heavy atom. The first kappa shape index (κ1) is 12.1. The average Bonchev–Trinajstić information content (AvgIpc) is 2.28. The minimum atomic E-state index is -0.420. The van der Waals surface area contributed by atoms with Crippen LogP contribution in [0.3, 0.4) is 0 Å². The third-order valence-corrected chi connectivity index (χ3v) is 3.06. The average molecular weight is 296 g/mol. The van der Waals surface area contributed by atoms with Crippen LogP contribution in [0.2, 0.25) is 0 Å². The SMILES string of the molecule is CC(O)CNc1ncc(Br)c2c(N)cccc12. The maximum Gasteiger partial charge on any atom is 0.134 e. The molecule has 0 amide bonds. The Hall–Kier alpha value is -1.33. The fourth-order valence-electron chi connectivity index (χ4n) is 1.67. The molecule has 0 aliphatic rings. The molecule has 0 aliphatic carbocycles. The molecule has 0 bridgehead atoms. The smallest absolute Gasteiger partial charge is 0.134 e. The molecule has 2 rings (SSSR count). The van der Waals surface area contributed by atoms with Crippen LogP contribution in [0.5, 0.6) is 0 Å². The molecule has 0 fully saturated rings. The van der Waals surface area contributed by atoms with Gasteiger partial charge in [-0.2, -0.15) is 0 Å². The van der Waals surface area contributed by atoms with Gasteiger partial charge in [0.05, 0.1) is 6.10 Å². The molecule has 2 aromatic rings. The molecule has 4 nitrogen and oxygen atoms in total. The number of fused-ring (bicyclic) bond motifs is 1. The summed E-state index contributed by atoms with van der Waals surface area (Å²) < 4.78 is 0.869. The highest BCUT2D eigenvalue weighted by atomic mass is 79.9. The lowest BCUT2D eigenvalue weighted by Gasteiger charge is -2.12. The van der Waals surface area contributed by atoms with E-state index < -0.39 is 6.10 Å². The van der Waals surface area contributed by atoms with Gasteiger partial charge in [-0.3, -0.25) is 0 Å². The normalized spacial score (nSPS) is 12.6. The Morgan fingerprint density at radius 1 is 1.53 bits per heavy atom. The van der Waals surface area contributed by atoms with Crippen molar-refractivity contribution < 1.29 is 5.11 Å². The van der Waals surface area contributed by atoms with Crippen molar-refractivity contribution >= 4 is 38.2 Å². The van der Waals surface area contributed by atoms with Crippen molar-refractivity contribution in [3.8, 4) is 0 Å². The highest BCUT2D eigenvalue weighted by Gasteiger charge is 2.08. The minimum Gasteiger partial charge on any atom is -0.398 e. The number of nitrogens with two attached hydrogens (primary N) is 1. The van der Waals surface area contributed by atoms with E-state index in [1.54, 1.807) is 13.1 Å². The standard InChI is InChI=1S/C12H14BrN3O/c1-7(17)5-15-12-8-3-2-4-10(14)11(8)9(13)6-16-12/h2-4,6-7,17H,5,14H2,1H3,(H,15,16). The highest BCUT2D eigenvalue weighted by Crippen LogP contribution is 2.32. The van der Waals surface area contributed by atoms with Crippen LogP contribution in [0.4, 0.5) is 11.5 Å². The number of nitrogen functional groups attached to an aromatic ring is 1. The summed E-state index contributed by atoms with van der Waals surface area (Å²) in [5, 5.41) is 14.3. The maximum atomic E-state index is 9.27. The van der Waals surface area contributed by atoms with E-state index in [2.05, 4.69) is 26.2 Å². The zero-order chi connectivity index (χ0) is 12.4. The second-order valence-electron chi connectivity index (χ2n) is 3.95. The van der Waals surface area contributed by atoms with Crippen molar-refractivity contribution in [2.75, 3.05) is 17.6 Å². The number of anilines is 2. The Bertz CT molecular complexity index is 534. The number of aliphatic hydroxyl groups is 1. The van der Waals surface area contributed by atoms with Crippen molar-refractivity contribution in [1.82, 2.24) is 4.98 Å². The Kier molecular flexibility index (Phi) is 3.49. The van der Waals surface area contributed by atoms with Crippen molar-refractivity contribution in [1.29, 1.82) is 0 Å². The number of aromatic nitrogens is 1. The van der Waals surface area contributed by atoms with Crippen molar-refractivity contribution in [3.63, 3.8) is 0 Å². The number of halogens is 1. The van der Waals surface area contributed by atoms with Crippen LogP contribution >= 0.6 is 15.9 Å². The van der Waals surface area contributed by atoms with Gasteiger partial charge in [0.1, 0.15) is 5.82 Å². The molecule has 1 heterocycles. The van der Waals surface area contributed by atoms with Crippen molar-refractivity contribution in [2.24, 2.45) is 0 Å². The van der Waals surface area contributed by atoms with Crippen LogP contribution in [-0.4, -0.2) is 22.7 Å². The summed E-state index contributed by atoms with van der Waals surface area (Å²) in [5.41, 5.74) is 6.65. The maximum absolute atomic E-state index is 9.27. The molecule has 4 N–H and O–H groups in total. The van der Waals surface area contributed by atoms with E-state index in [4.69, 9.17) is 5.73 Å². The van der Waals surface area contributed by atoms with Gasteiger partial charge in [-0.15, -0.1) is 0 Å². The van der Waals surface area contributed by atoms with Crippen LogP contribution in [0, 0.1) is 0 Å². The minimum absolute atomic E-state index is 0.420. The Balaban J connectivity index is 2.51. The Labute approximate surface area is 108 Å². The first-order valence-corrected chi connectivity index (χ1v) is 6.13. The number of hydrogen-bond donors (Lipinski definition) is 3. The van der Waals surface area contributed by atoms with E-state index in [0.717, 1.165) is 21.1 Å². The molecule has 0 aliphatic heterocycles. The van der Waals surface area contributed by atoms with E-state index in [9.17, 15) is 5.11 Å². The van der Waals surface area contributed by atoms with Crippen molar-refractivity contribution in [2.45, 2.75) is 13.0 Å². The number of nitrogens with zero attached hydrogens (tertiary/aromatic N) is 1. The largest absolute Gasteiger partial charge is 0.398 e. The summed E-state index contributed by atoms with van der Waals surface area (Å²) >= 11 is 3.44. The van der Waals surface area contributed by atoms with E-state index in [1.165, 1.54) is 0 Å². The number of benzene rings is 1. The number of hydrogen-bond acceptors (Lipinski definition) is 4. The number of aliphatic hydroxyl groups excluding tert-OH is 1. The lowest BCUT2D eigenvalue weighted by atomic mass is 10.1. The predicted molar refractivity (Wildman–Crippen MR) is 74.0 cm³/mol. The zero-order valence-electron chi connectivity index (χ0n) is 9.44. The van der Waals surface area contributed by atoms with Gasteiger partial charge >= 0.3 is 0 Å². The molecule has 1 aromatic heterocycles. The van der Waals surface area contributed by atoms with E-state index >= 15 is 0 Å². The molecular weight excluding hydrogens is 282 g/mol. The zero-order valence-corrected chi connectivity index (χ0v) is 11.0. The van der Waals surface area contributed by atoms with Gasteiger partial charge < -0.3 is 16.2 Å². The number of rotatable bonds is 3. The van der Waals surface area contributed by atoms with E-state index in [0.29, 0.717) is 12.2 Å². The molecule has 90 valence electrons. The summed E-state index contributed by atoms with van der Waals surface area (Å²) in [6.45, 7) is 2.18. The summed E-state index contributed by atoms with van der Waals surface area (Å²) in [5.74, 6) is 0.733. The summed E-state index contributed by atoms with van der Waals surface area (Å²) in [4.78, 5) is 4.29. The topological polar surface area (TPSA) is 71.2 Å². The lowest BCUT2D eigenvalue weighted by molar-refractivity contribution is 0.208. The molecule has 0 spiro atoms. The molecule has 5 heteroatoms. The fourth-order valence-corrected chi connectivity index (χ4v) is 2.22. The summed E-state index contributed by atoms with van der Waals surface area (Å²) in [6.07, 6.45) is 1.29. The third kappa shape index (κ3) is 2.50. The van der Waals surface area contributed by atoms with Crippen LogP contribution < -0.4 is 11.1 Å². The summed E-state index contributed by atoms with van der Waals surface area (Å²) in [6, 6.07) is 5.69. The molecule has 1 atom stereocenters. The van der Waals surface area contributed by atoms with Gasteiger partial charge in [-0.05, 0) is 28.9 Å². The van der Waals surface area contributed by atoms with E-state index in [-0.39, 0.29) is 0 Å². The highest BCUT2D eigenvalue weighted by molar-refractivity contribution is 9.10. The van der Waals surface area contributed by atoms with Gasteiger partial charge in [-0.1, -0.05) is 12.1 Å². The molecule has 0 radical (unpaired) electrons. The molecule has 1 aromatic carbocycles. The molecule has 0 saturated carbocycles. The molecular formula is C12H14BrN3O.